The maximum absolute atomic E-state index is 15.9. The fraction of sp³-hybridized carbons (Fsp3) is 0.429. The van der Waals surface area contributed by atoms with Crippen LogP contribution >= 0.6 is 12.2 Å². The number of nitrogens with zero attached hydrogens (tertiary/aromatic N) is 3. The van der Waals surface area contributed by atoms with Crippen molar-refractivity contribution in [3.05, 3.63) is 65.6 Å². The molecule has 0 unspecified atom stereocenters. The van der Waals surface area contributed by atoms with Crippen molar-refractivity contribution in [2.75, 3.05) is 26.7 Å². The van der Waals surface area contributed by atoms with Crippen LogP contribution in [0.1, 0.15) is 55.1 Å². The van der Waals surface area contributed by atoms with E-state index >= 15 is 4.39 Å². The monoisotopic (exact) mass is 524 g/mol. The molecule has 1 aliphatic heterocycles. The van der Waals surface area contributed by atoms with E-state index in [4.69, 9.17) is 22.7 Å². The molecule has 196 valence electrons. The second-order valence-electron chi connectivity index (χ2n) is 9.78. The standard InChI is InChI=1S/C28H33FN4O3S/c1-36-20-5-6-23-21(14-20)27(19(16-30)17-32-23)22(29)7-8-28(15-26(34)35)9-12-33(13-10-28)18-25(37)24-4-2-3-11-31-24/h2-6,11,14,17,22H,7-10,12-13,15-16,18,30H2,1H3,(H,34,35)/t22-/m1/s1. The fourth-order valence-electron chi connectivity index (χ4n) is 5.30. The highest BCUT2D eigenvalue weighted by molar-refractivity contribution is 7.80. The Morgan fingerprint density at radius 3 is 2.70 bits per heavy atom. The Hall–Kier alpha value is -3.01. The van der Waals surface area contributed by atoms with Crippen LogP contribution in [0.4, 0.5) is 4.39 Å². The van der Waals surface area contributed by atoms with Crippen molar-refractivity contribution in [1.29, 1.82) is 0 Å². The molecule has 3 heterocycles. The molecule has 1 aliphatic rings. The van der Waals surface area contributed by atoms with Crippen LogP contribution in [-0.2, 0) is 11.3 Å². The Kier molecular flexibility index (Phi) is 8.79. The van der Waals surface area contributed by atoms with E-state index in [2.05, 4.69) is 14.9 Å². The number of likely N-dealkylation sites (tertiary alicyclic amines) is 1. The summed E-state index contributed by atoms with van der Waals surface area (Å²) in [5.41, 5.74) is 8.11. The van der Waals surface area contributed by atoms with Gasteiger partial charge in [-0.15, -0.1) is 0 Å². The molecular formula is C28H33FN4O3S. The molecule has 1 fully saturated rings. The molecule has 9 heteroatoms. The molecule has 1 saturated heterocycles. The maximum Gasteiger partial charge on any atom is 0.303 e. The first-order valence-corrected chi connectivity index (χ1v) is 12.9. The number of fused-ring (bicyclic) bond motifs is 1. The fourth-order valence-corrected chi connectivity index (χ4v) is 5.61. The van der Waals surface area contributed by atoms with Gasteiger partial charge in [0, 0.05) is 36.4 Å². The van der Waals surface area contributed by atoms with Crippen LogP contribution in [0, 0.1) is 5.41 Å². The Bertz CT molecular complexity index is 1240. The summed E-state index contributed by atoms with van der Waals surface area (Å²) in [6, 6.07) is 11.1. The summed E-state index contributed by atoms with van der Waals surface area (Å²) >= 11 is 5.58. The van der Waals surface area contributed by atoms with Gasteiger partial charge in [-0.2, -0.15) is 0 Å². The molecule has 4 rings (SSSR count). The molecule has 3 aromatic rings. The maximum atomic E-state index is 15.9. The lowest BCUT2D eigenvalue weighted by atomic mass is 9.71. The third-order valence-corrected chi connectivity index (χ3v) is 7.76. The normalized spacial score (nSPS) is 16.4. The van der Waals surface area contributed by atoms with Gasteiger partial charge in [0.2, 0.25) is 0 Å². The number of ether oxygens (including phenoxy) is 1. The molecular weight excluding hydrogens is 491 g/mol. The van der Waals surface area contributed by atoms with Crippen LogP contribution in [0.25, 0.3) is 10.9 Å². The van der Waals surface area contributed by atoms with Crippen molar-refractivity contribution in [1.82, 2.24) is 14.9 Å². The second-order valence-corrected chi connectivity index (χ2v) is 10.3. The van der Waals surface area contributed by atoms with Gasteiger partial charge in [-0.3, -0.25) is 19.7 Å². The lowest BCUT2D eigenvalue weighted by Gasteiger charge is -2.41. The van der Waals surface area contributed by atoms with Gasteiger partial charge in [0.15, 0.2) is 0 Å². The molecule has 0 radical (unpaired) electrons. The smallest absolute Gasteiger partial charge is 0.303 e. The number of halogens is 1. The SMILES string of the molecule is COc1ccc2ncc(CN)c([C@H](F)CCC3(CC(=O)O)CCN(CC(=S)c4ccccn4)CC3)c2c1. The summed E-state index contributed by atoms with van der Waals surface area (Å²) in [6.07, 6.45) is 4.11. The average Bonchev–Trinajstić information content (AvgIpc) is 2.92. The third-order valence-electron chi connectivity index (χ3n) is 7.42. The summed E-state index contributed by atoms with van der Waals surface area (Å²) in [4.78, 5) is 23.6. The summed E-state index contributed by atoms with van der Waals surface area (Å²) in [7, 11) is 1.57. The summed E-state index contributed by atoms with van der Waals surface area (Å²) in [6.45, 7) is 2.19. The van der Waals surface area contributed by atoms with Gasteiger partial charge in [0.05, 0.1) is 29.6 Å². The number of benzene rings is 1. The quantitative estimate of drug-likeness (QED) is 0.271. The highest BCUT2D eigenvalue weighted by Crippen LogP contribution is 2.43. The number of aliphatic carboxylic acids is 1. The lowest BCUT2D eigenvalue weighted by Crippen LogP contribution is -2.43. The van der Waals surface area contributed by atoms with Gasteiger partial charge in [0.25, 0.3) is 0 Å². The van der Waals surface area contributed by atoms with E-state index in [9.17, 15) is 9.90 Å². The molecule has 37 heavy (non-hydrogen) atoms. The zero-order valence-electron chi connectivity index (χ0n) is 21.0. The molecule has 0 saturated carbocycles. The lowest BCUT2D eigenvalue weighted by molar-refractivity contribution is -0.141. The number of rotatable bonds is 11. The van der Waals surface area contributed by atoms with E-state index in [1.54, 1.807) is 31.6 Å². The first-order valence-electron chi connectivity index (χ1n) is 12.5. The largest absolute Gasteiger partial charge is 0.497 e. The van der Waals surface area contributed by atoms with Crippen molar-refractivity contribution in [3.63, 3.8) is 0 Å². The van der Waals surface area contributed by atoms with E-state index in [0.29, 0.717) is 66.7 Å². The number of carboxylic acid groups (broad SMARTS) is 1. The number of nitrogens with two attached hydrogens (primary N) is 1. The number of carbonyl (C=O) groups is 1. The minimum atomic E-state index is -1.29. The van der Waals surface area contributed by atoms with Gasteiger partial charge >= 0.3 is 5.97 Å². The van der Waals surface area contributed by atoms with Gasteiger partial charge in [0.1, 0.15) is 11.9 Å². The Morgan fingerprint density at radius 2 is 2.05 bits per heavy atom. The van der Waals surface area contributed by atoms with E-state index in [-0.39, 0.29) is 19.4 Å². The number of methoxy groups -OCH3 is 1. The predicted molar refractivity (Wildman–Crippen MR) is 146 cm³/mol. The molecule has 0 amide bonds. The van der Waals surface area contributed by atoms with E-state index < -0.39 is 17.6 Å². The summed E-state index contributed by atoms with van der Waals surface area (Å²) < 4.78 is 21.3. The van der Waals surface area contributed by atoms with Crippen molar-refractivity contribution >= 4 is 34.0 Å². The first kappa shape index (κ1) is 27.0. The number of aromatic nitrogens is 2. The summed E-state index contributed by atoms with van der Waals surface area (Å²) in [5.74, 6) is -0.232. The van der Waals surface area contributed by atoms with Gasteiger partial charge < -0.3 is 15.6 Å². The van der Waals surface area contributed by atoms with E-state index in [0.717, 1.165) is 10.6 Å². The van der Waals surface area contributed by atoms with Crippen molar-refractivity contribution in [2.24, 2.45) is 11.1 Å². The minimum absolute atomic E-state index is 0.0207. The number of carboxylic acids is 1. The Balaban J connectivity index is 1.47. The van der Waals surface area contributed by atoms with Gasteiger partial charge in [-0.1, -0.05) is 18.3 Å². The predicted octanol–water partition coefficient (Wildman–Crippen LogP) is 4.86. The second kappa shape index (κ2) is 12.0. The third kappa shape index (κ3) is 6.47. The van der Waals surface area contributed by atoms with Crippen LogP contribution in [0.5, 0.6) is 5.75 Å². The molecule has 7 nitrogen and oxygen atoms in total. The number of pyridine rings is 2. The molecule has 1 atom stereocenters. The number of alkyl halides is 1. The topological polar surface area (TPSA) is 102 Å². The van der Waals surface area contributed by atoms with Crippen molar-refractivity contribution < 1.29 is 19.0 Å². The number of hydrogen-bond donors (Lipinski definition) is 2. The average molecular weight is 525 g/mol. The van der Waals surface area contributed by atoms with Crippen LogP contribution in [0.2, 0.25) is 0 Å². The van der Waals surface area contributed by atoms with Gasteiger partial charge in [-0.25, -0.2) is 4.39 Å². The molecule has 0 aliphatic carbocycles. The molecule has 0 bridgehead atoms. The molecule has 2 aromatic heterocycles. The van der Waals surface area contributed by atoms with Gasteiger partial charge in [-0.05, 0) is 80.1 Å². The van der Waals surface area contributed by atoms with Crippen LogP contribution < -0.4 is 10.5 Å². The highest BCUT2D eigenvalue weighted by Gasteiger charge is 2.37. The van der Waals surface area contributed by atoms with Crippen LogP contribution in [0.3, 0.4) is 0 Å². The van der Waals surface area contributed by atoms with E-state index in [1.807, 2.05) is 24.3 Å². The van der Waals surface area contributed by atoms with Crippen LogP contribution in [0.15, 0.2) is 48.8 Å². The first-order chi connectivity index (χ1) is 17.8. The Labute approximate surface area is 221 Å². The summed E-state index contributed by atoms with van der Waals surface area (Å²) in [5, 5.41) is 10.4. The van der Waals surface area contributed by atoms with E-state index in [1.165, 1.54) is 0 Å². The zero-order chi connectivity index (χ0) is 26.4. The zero-order valence-corrected chi connectivity index (χ0v) is 21.8. The Morgan fingerprint density at radius 1 is 1.27 bits per heavy atom. The van der Waals surface area contributed by atoms with Crippen molar-refractivity contribution in [2.45, 2.75) is 44.8 Å². The number of thiocarbonyl (C=S) groups is 1. The number of piperidine rings is 1. The molecule has 1 aromatic carbocycles. The van der Waals surface area contributed by atoms with Crippen LogP contribution in [-0.4, -0.2) is 57.6 Å². The molecule has 3 N–H and O–H groups in total. The minimum Gasteiger partial charge on any atom is -0.497 e. The highest BCUT2D eigenvalue weighted by atomic mass is 32.1. The van der Waals surface area contributed by atoms with Crippen molar-refractivity contribution in [3.8, 4) is 5.75 Å². The molecule has 0 spiro atoms. The number of hydrogen-bond acceptors (Lipinski definition) is 7.